The number of nitrogens with two attached hydrogens (primary N) is 1. The molecule has 1 fully saturated rings. The van der Waals surface area contributed by atoms with Crippen LogP contribution in [0.5, 0.6) is 5.75 Å². The third-order valence-corrected chi connectivity index (χ3v) is 4.05. The van der Waals surface area contributed by atoms with Crippen molar-refractivity contribution in [1.29, 1.82) is 0 Å². The van der Waals surface area contributed by atoms with Gasteiger partial charge in [-0.15, -0.1) is 0 Å². The Bertz CT molecular complexity index is 650. The first kappa shape index (κ1) is 14.6. The van der Waals surface area contributed by atoms with E-state index in [4.69, 9.17) is 10.5 Å². The molecule has 0 saturated carbocycles. The van der Waals surface area contributed by atoms with Gasteiger partial charge in [0.25, 0.3) is 5.91 Å². The fourth-order valence-corrected chi connectivity index (χ4v) is 2.69. The molecule has 2 aromatic rings. The minimum absolute atomic E-state index is 0.0248. The van der Waals surface area contributed by atoms with E-state index in [1.54, 1.807) is 24.1 Å². The topological polar surface area (TPSA) is 73.4 Å². The summed E-state index contributed by atoms with van der Waals surface area (Å²) in [5.41, 5.74) is 7.03. The molecule has 6 heteroatoms. The molecule has 0 spiro atoms. The van der Waals surface area contributed by atoms with Crippen molar-refractivity contribution in [3.63, 3.8) is 0 Å². The lowest BCUT2D eigenvalue weighted by Crippen LogP contribution is -2.30. The molecule has 1 saturated heterocycles. The summed E-state index contributed by atoms with van der Waals surface area (Å²) >= 11 is 0. The number of methoxy groups -OCH3 is 1. The number of hydrogen-bond donors (Lipinski definition) is 1. The maximum atomic E-state index is 12.4. The van der Waals surface area contributed by atoms with Crippen molar-refractivity contribution in [3.8, 4) is 11.4 Å². The summed E-state index contributed by atoms with van der Waals surface area (Å²) in [6, 6.07) is 9.29. The van der Waals surface area contributed by atoms with E-state index in [1.807, 2.05) is 29.2 Å². The normalized spacial score (nSPS) is 17.7. The number of nitrogens with zero attached hydrogens (tertiary/aromatic N) is 3. The van der Waals surface area contributed by atoms with Gasteiger partial charge in [-0.25, -0.2) is 4.68 Å². The number of rotatable bonds is 4. The summed E-state index contributed by atoms with van der Waals surface area (Å²) in [5, 5.41) is 4.38. The molecular weight excluding hydrogens is 280 g/mol. The van der Waals surface area contributed by atoms with E-state index >= 15 is 0 Å². The molecule has 1 aliphatic heterocycles. The zero-order valence-electron chi connectivity index (χ0n) is 12.6. The average molecular weight is 300 g/mol. The zero-order valence-corrected chi connectivity index (χ0v) is 12.6. The molecule has 6 nitrogen and oxygen atoms in total. The van der Waals surface area contributed by atoms with E-state index in [9.17, 15) is 4.79 Å². The Balaban J connectivity index is 1.74. The van der Waals surface area contributed by atoms with E-state index in [0.717, 1.165) is 30.9 Å². The van der Waals surface area contributed by atoms with Crippen LogP contribution >= 0.6 is 0 Å². The van der Waals surface area contributed by atoms with E-state index in [-0.39, 0.29) is 5.91 Å². The van der Waals surface area contributed by atoms with Gasteiger partial charge in [0.05, 0.1) is 12.8 Å². The molecular formula is C16H20N4O2. The highest BCUT2D eigenvalue weighted by atomic mass is 16.5. The second kappa shape index (κ2) is 6.19. The van der Waals surface area contributed by atoms with Crippen LogP contribution in [0.3, 0.4) is 0 Å². The van der Waals surface area contributed by atoms with E-state index in [2.05, 4.69) is 5.10 Å². The largest absolute Gasteiger partial charge is 0.497 e. The SMILES string of the molecule is COc1ccc(-n2ccc(C(=O)N3CCC(CN)C3)n2)cc1. The molecule has 1 unspecified atom stereocenters. The van der Waals surface area contributed by atoms with Crippen LogP contribution in [0.25, 0.3) is 5.69 Å². The molecule has 1 aliphatic rings. The molecule has 1 aromatic carbocycles. The maximum absolute atomic E-state index is 12.4. The Morgan fingerprint density at radius 2 is 2.14 bits per heavy atom. The van der Waals surface area contributed by atoms with Gasteiger partial charge in [0, 0.05) is 19.3 Å². The van der Waals surface area contributed by atoms with Crippen molar-refractivity contribution in [2.45, 2.75) is 6.42 Å². The van der Waals surface area contributed by atoms with Gasteiger partial charge in [0.1, 0.15) is 5.75 Å². The monoisotopic (exact) mass is 300 g/mol. The van der Waals surface area contributed by atoms with Crippen LogP contribution in [0.2, 0.25) is 0 Å². The summed E-state index contributed by atoms with van der Waals surface area (Å²) < 4.78 is 6.83. The summed E-state index contributed by atoms with van der Waals surface area (Å²) in [7, 11) is 1.63. The predicted molar refractivity (Wildman–Crippen MR) is 83.2 cm³/mol. The van der Waals surface area contributed by atoms with Gasteiger partial charge >= 0.3 is 0 Å². The number of carbonyl (C=O) groups is 1. The lowest BCUT2D eigenvalue weighted by Gasteiger charge is -2.14. The number of benzene rings is 1. The first-order chi connectivity index (χ1) is 10.7. The quantitative estimate of drug-likeness (QED) is 0.923. The highest BCUT2D eigenvalue weighted by Gasteiger charge is 2.27. The summed E-state index contributed by atoms with van der Waals surface area (Å²) in [5.74, 6) is 1.17. The zero-order chi connectivity index (χ0) is 15.5. The van der Waals surface area contributed by atoms with Crippen molar-refractivity contribution in [1.82, 2.24) is 14.7 Å². The molecule has 1 atom stereocenters. The number of likely N-dealkylation sites (tertiary alicyclic amines) is 1. The molecule has 2 N–H and O–H groups in total. The number of ether oxygens (including phenoxy) is 1. The van der Waals surface area contributed by atoms with Gasteiger partial charge in [-0.2, -0.15) is 5.10 Å². The molecule has 22 heavy (non-hydrogen) atoms. The lowest BCUT2D eigenvalue weighted by atomic mass is 10.1. The molecule has 116 valence electrons. The fourth-order valence-electron chi connectivity index (χ4n) is 2.69. The van der Waals surface area contributed by atoms with Crippen molar-refractivity contribution in [2.75, 3.05) is 26.7 Å². The molecule has 1 aromatic heterocycles. The molecule has 0 radical (unpaired) electrons. The summed E-state index contributed by atoms with van der Waals surface area (Å²) in [4.78, 5) is 14.3. The summed E-state index contributed by atoms with van der Waals surface area (Å²) in [6.07, 6.45) is 2.77. The third kappa shape index (κ3) is 2.82. The highest BCUT2D eigenvalue weighted by molar-refractivity contribution is 5.92. The standard InChI is InChI=1S/C16H20N4O2/c1-22-14-4-2-13(3-5-14)20-9-7-15(18-20)16(21)19-8-6-12(10-17)11-19/h2-5,7,9,12H,6,8,10-11,17H2,1H3. The smallest absolute Gasteiger partial charge is 0.274 e. The molecule has 3 rings (SSSR count). The van der Waals surface area contributed by atoms with Gasteiger partial charge in [-0.3, -0.25) is 4.79 Å². The maximum Gasteiger partial charge on any atom is 0.274 e. The van der Waals surface area contributed by atoms with Crippen molar-refractivity contribution in [2.24, 2.45) is 11.7 Å². The number of hydrogen-bond acceptors (Lipinski definition) is 4. The van der Waals surface area contributed by atoms with Gasteiger partial charge in [0.15, 0.2) is 5.69 Å². The predicted octanol–water partition coefficient (Wildman–Crippen LogP) is 1.30. The molecule has 2 heterocycles. The second-order valence-electron chi connectivity index (χ2n) is 5.49. The lowest BCUT2D eigenvalue weighted by molar-refractivity contribution is 0.0781. The Morgan fingerprint density at radius 1 is 1.36 bits per heavy atom. The van der Waals surface area contributed by atoms with E-state index in [0.29, 0.717) is 18.2 Å². The van der Waals surface area contributed by atoms with Gasteiger partial charge in [0.2, 0.25) is 0 Å². The van der Waals surface area contributed by atoms with Crippen LogP contribution in [-0.4, -0.2) is 47.3 Å². The Hall–Kier alpha value is -2.34. The third-order valence-electron chi connectivity index (χ3n) is 4.05. The van der Waals surface area contributed by atoms with Crippen LogP contribution in [0.1, 0.15) is 16.9 Å². The Morgan fingerprint density at radius 3 is 2.77 bits per heavy atom. The van der Waals surface area contributed by atoms with Crippen LogP contribution in [0, 0.1) is 5.92 Å². The van der Waals surface area contributed by atoms with Gasteiger partial charge < -0.3 is 15.4 Å². The molecule has 0 aliphatic carbocycles. The fraction of sp³-hybridized carbons (Fsp3) is 0.375. The first-order valence-corrected chi connectivity index (χ1v) is 7.40. The number of carbonyl (C=O) groups excluding carboxylic acids is 1. The second-order valence-corrected chi connectivity index (χ2v) is 5.49. The van der Waals surface area contributed by atoms with Crippen molar-refractivity contribution < 1.29 is 9.53 Å². The van der Waals surface area contributed by atoms with E-state index < -0.39 is 0 Å². The van der Waals surface area contributed by atoms with Crippen LogP contribution in [-0.2, 0) is 0 Å². The Labute approximate surface area is 129 Å². The first-order valence-electron chi connectivity index (χ1n) is 7.40. The number of amides is 1. The van der Waals surface area contributed by atoms with Crippen molar-refractivity contribution >= 4 is 5.91 Å². The summed E-state index contributed by atoms with van der Waals surface area (Å²) in [6.45, 7) is 2.12. The van der Waals surface area contributed by atoms with Gasteiger partial charge in [-0.05, 0) is 49.2 Å². The minimum atomic E-state index is -0.0248. The van der Waals surface area contributed by atoms with Crippen LogP contribution in [0.15, 0.2) is 36.5 Å². The molecule has 0 bridgehead atoms. The van der Waals surface area contributed by atoms with Gasteiger partial charge in [-0.1, -0.05) is 0 Å². The average Bonchev–Trinajstić information content (AvgIpc) is 3.23. The van der Waals surface area contributed by atoms with Crippen LogP contribution < -0.4 is 10.5 Å². The highest BCUT2D eigenvalue weighted by Crippen LogP contribution is 2.18. The molecule has 1 amide bonds. The van der Waals surface area contributed by atoms with E-state index in [1.165, 1.54) is 0 Å². The Kier molecular flexibility index (Phi) is 4.11. The number of aromatic nitrogens is 2. The van der Waals surface area contributed by atoms with Crippen molar-refractivity contribution in [3.05, 3.63) is 42.2 Å². The van der Waals surface area contributed by atoms with Crippen LogP contribution in [0.4, 0.5) is 0 Å². The minimum Gasteiger partial charge on any atom is -0.497 e.